The largest absolute Gasteiger partial charge is 0.413 e. The van der Waals surface area contributed by atoms with Gasteiger partial charge in [-0.15, -0.1) is 0 Å². The highest BCUT2D eigenvalue weighted by Crippen LogP contribution is 2.45. The highest BCUT2D eigenvalue weighted by molar-refractivity contribution is 6.74. The number of fused-ring (bicyclic) bond motifs is 2. The smallest absolute Gasteiger partial charge is 0.192 e. The van der Waals surface area contributed by atoms with Gasteiger partial charge in [0.05, 0.1) is 6.10 Å². The molecule has 0 spiro atoms. The third-order valence-corrected chi connectivity index (χ3v) is 9.61. The molecule has 2 rings (SSSR count). The molecule has 0 amide bonds. The first-order valence-electron chi connectivity index (χ1n) is 6.91. The molecule has 0 aromatic heterocycles. The van der Waals surface area contributed by atoms with Crippen molar-refractivity contribution in [3.05, 3.63) is 0 Å². The van der Waals surface area contributed by atoms with Crippen LogP contribution in [-0.2, 0) is 9.22 Å². The van der Waals surface area contributed by atoms with Crippen LogP contribution in [0.5, 0.6) is 0 Å². The second-order valence-corrected chi connectivity index (χ2v) is 12.1. The Morgan fingerprint density at radius 3 is 2.47 bits per heavy atom. The SMILES string of the molecule is CC(C)(C)[Si](C)(C)O[C@H]1CC(=O)[C@@H]2CC[C@H]1C2. The minimum absolute atomic E-state index is 0.224. The average Bonchev–Trinajstić information content (AvgIpc) is 2.57. The molecule has 0 N–H and O–H groups in total. The van der Waals surface area contributed by atoms with E-state index in [9.17, 15) is 4.79 Å². The van der Waals surface area contributed by atoms with Crippen molar-refractivity contribution < 1.29 is 9.22 Å². The minimum Gasteiger partial charge on any atom is -0.413 e. The zero-order valence-electron chi connectivity index (χ0n) is 11.9. The molecule has 17 heavy (non-hydrogen) atoms. The summed E-state index contributed by atoms with van der Waals surface area (Å²) in [5.41, 5.74) is 0. The molecule has 2 saturated carbocycles. The van der Waals surface area contributed by atoms with Gasteiger partial charge < -0.3 is 4.43 Å². The van der Waals surface area contributed by atoms with Crippen LogP contribution in [0, 0.1) is 11.8 Å². The Labute approximate surface area is 106 Å². The minimum atomic E-state index is -1.71. The Morgan fingerprint density at radius 2 is 1.88 bits per heavy atom. The fraction of sp³-hybridized carbons (Fsp3) is 0.929. The van der Waals surface area contributed by atoms with Crippen LogP contribution >= 0.6 is 0 Å². The summed E-state index contributed by atoms with van der Waals surface area (Å²) in [5, 5.41) is 0.242. The van der Waals surface area contributed by atoms with Gasteiger partial charge >= 0.3 is 0 Å². The Morgan fingerprint density at radius 1 is 1.24 bits per heavy atom. The summed E-state index contributed by atoms with van der Waals surface area (Å²) >= 11 is 0. The molecule has 2 aliphatic carbocycles. The summed E-state index contributed by atoms with van der Waals surface area (Å²) in [5.74, 6) is 1.49. The zero-order valence-corrected chi connectivity index (χ0v) is 12.9. The number of hydrogen-bond donors (Lipinski definition) is 0. The van der Waals surface area contributed by atoms with Crippen LogP contribution in [0.3, 0.4) is 0 Å². The van der Waals surface area contributed by atoms with Crippen LogP contribution in [0.1, 0.15) is 46.5 Å². The third kappa shape index (κ3) is 2.50. The lowest BCUT2D eigenvalue weighted by molar-refractivity contribution is -0.127. The van der Waals surface area contributed by atoms with Crippen molar-refractivity contribution >= 4 is 14.1 Å². The Bertz CT molecular complexity index is 317. The van der Waals surface area contributed by atoms with Crippen molar-refractivity contribution in [3.63, 3.8) is 0 Å². The quantitative estimate of drug-likeness (QED) is 0.701. The van der Waals surface area contributed by atoms with Crippen LogP contribution in [-0.4, -0.2) is 20.2 Å². The molecule has 0 heterocycles. The molecular weight excluding hydrogens is 228 g/mol. The monoisotopic (exact) mass is 254 g/mol. The second kappa shape index (κ2) is 4.20. The highest BCUT2D eigenvalue weighted by Gasteiger charge is 2.46. The van der Waals surface area contributed by atoms with Crippen LogP contribution in [0.2, 0.25) is 18.1 Å². The molecule has 98 valence electrons. The van der Waals surface area contributed by atoms with Gasteiger partial charge in [0.25, 0.3) is 0 Å². The van der Waals surface area contributed by atoms with Crippen molar-refractivity contribution in [1.29, 1.82) is 0 Å². The van der Waals surface area contributed by atoms with Gasteiger partial charge in [-0.2, -0.15) is 0 Å². The molecule has 2 nitrogen and oxygen atoms in total. The van der Waals surface area contributed by atoms with E-state index in [-0.39, 0.29) is 11.1 Å². The number of carbonyl (C=O) groups is 1. The van der Waals surface area contributed by atoms with Crippen LogP contribution in [0.4, 0.5) is 0 Å². The van der Waals surface area contributed by atoms with Gasteiger partial charge in [0.1, 0.15) is 5.78 Å². The normalized spacial score (nSPS) is 34.2. The van der Waals surface area contributed by atoms with Gasteiger partial charge in [0.15, 0.2) is 8.32 Å². The van der Waals surface area contributed by atoms with Crippen molar-refractivity contribution in [2.75, 3.05) is 0 Å². The molecule has 0 aromatic rings. The van der Waals surface area contributed by atoms with Gasteiger partial charge in [-0.3, -0.25) is 4.79 Å². The zero-order chi connectivity index (χ0) is 12.8. The second-order valence-electron chi connectivity index (χ2n) is 7.36. The van der Waals surface area contributed by atoms with Gasteiger partial charge in [-0.05, 0) is 43.3 Å². The van der Waals surface area contributed by atoms with Gasteiger partial charge in [0.2, 0.25) is 0 Å². The molecule has 0 unspecified atom stereocenters. The number of Topliss-reactive ketones (excluding diaryl/α,β-unsaturated/α-hetero) is 1. The summed E-state index contributed by atoms with van der Waals surface area (Å²) in [6.45, 7) is 11.4. The first kappa shape index (κ1) is 13.3. The van der Waals surface area contributed by atoms with E-state index in [1.807, 2.05) is 0 Å². The molecule has 3 atom stereocenters. The van der Waals surface area contributed by atoms with E-state index in [0.29, 0.717) is 24.0 Å². The predicted octanol–water partition coefficient (Wildman–Crippen LogP) is 3.77. The maximum absolute atomic E-state index is 11.9. The summed E-state index contributed by atoms with van der Waals surface area (Å²) in [6, 6.07) is 0. The summed E-state index contributed by atoms with van der Waals surface area (Å²) < 4.78 is 6.46. The lowest BCUT2D eigenvalue weighted by Gasteiger charge is -2.41. The number of rotatable bonds is 2. The van der Waals surface area contributed by atoms with E-state index >= 15 is 0 Å². The first-order valence-corrected chi connectivity index (χ1v) is 9.82. The van der Waals surface area contributed by atoms with E-state index in [2.05, 4.69) is 33.9 Å². The van der Waals surface area contributed by atoms with Crippen molar-refractivity contribution in [1.82, 2.24) is 0 Å². The molecule has 3 heteroatoms. The Balaban J connectivity index is 2.06. The lowest BCUT2D eigenvalue weighted by Crippen LogP contribution is -2.47. The van der Waals surface area contributed by atoms with E-state index in [4.69, 9.17) is 4.43 Å². The Kier molecular flexibility index (Phi) is 3.28. The van der Waals surface area contributed by atoms with Crippen molar-refractivity contribution in [3.8, 4) is 0 Å². The van der Waals surface area contributed by atoms with Crippen LogP contribution in [0.25, 0.3) is 0 Å². The summed E-state index contributed by atoms with van der Waals surface area (Å²) in [6.07, 6.45) is 4.32. The number of hydrogen-bond acceptors (Lipinski definition) is 2. The predicted molar refractivity (Wildman–Crippen MR) is 72.5 cm³/mol. The standard InChI is InChI=1S/C14H26O2Si/c1-14(2,3)17(4,5)16-13-9-12(15)10-6-7-11(13)8-10/h10-11,13H,6-9H2,1-5H3/t10-,11+,13+/m1/s1. The van der Waals surface area contributed by atoms with E-state index in [0.717, 1.165) is 12.8 Å². The third-order valence-electron chi connectivity index (χ3n) is 5.11. The number of ketones is 1. The average molecular weight is 254 g/mol. The van der Waals surface area contributed by atoms with Gasteiger partial charge in [-0.1, -0.05) is 20.8 Å². The number of carbonyl (C=O) groups excluding carboxylic acids is 1. The molecule has 2 bridgehead atoms. The van der Waals surface area contributed by atoms with E-state index in [1.165, 1.54) is 6.42 Å². The molecule has 0 aromatic carbocycles. The molecule has 0 saturated heterocycles. The summed E-state index contributed by atoms with van der Waals surface area (Å²) in [4.78, 5) is 11.9. The molecule has 2 aliphatic rings. The first-order chi connectivity index (χ1) is 7.71. The maximum atomic E-state index is 11.9. The Hall–Kier alpha value is -0.153. The summed E-state index contributed by atoms with van der Waals surface area (Å²) in [7, 11) is -1.71. The van der Waals surface area contributed by atoms with E-state index in [1.54, 1.807) is 0 Å². The maximum Gasteiger partial charge on any atom is 0.192 e. The van der Waals surface area contributed by atoms with Crippen molar-refractivity contribution in [2.45, 2.75) is 70.7 Å². The van der Waals surface area contributed by atoms with Crippen molar-refractivity contribution in [2.24, 2.45) is 11.8 Å². The lowest BCUT2D eigenvalue weighted by atomic mass is 9.86. The highest BCUT2D eigenvalue weighted by atomic mass is 28.4. The molecule has 2 fully saturated rings. The van der Waals surface area contributed by atoms with Crippen LogP contribution < -0.4 is 0 Å². The topological polar surface area (TPSA) is 26.3 Å². The fourth-order valence-electron chi connectivity index (χ4n) is 2.87. The van der Waals surface area contributed by atoms with E-state index < -0.39 is 8.32 Å². The molecular formula is C14H26O2Si. The van der Waals surface area contributed by atoms with Gasteiger partial charge in [0, 0.05) is 12.3 Å². The molecule has 0 radical (unpaired) electrons. The van der Waals surface area contributed by atoms with Gasteiger partial charge in [-0.25, -0.2) is 0 Å². The fourth-order valence-corrected chi connectivity index (χ4v) is 4.26. The molecule has 0 aliphatic heterocycles. The van der Waals surface area contributed by atoms with Crippen LogP contribution in [0.15, 0.2) is 0 Å².